The molecule has 0 aliphatic heterocycles. The molecule has 0 heterocycles. The molecule has 0 aromatic rings. The molecule has 0 amide bonds. The number of hydrogen-bond acceptors (Lipinski definition) is 6. The lowest BCUT2D eigenvalue weighted by atomic mass is 10.0. The highest BCUT2D eigenvalue weighted by molar-refractivity contribution is 5.71. The predicted molar refractivity (Wildman–Crippen MR) is 334 cm³/mol. The van der Waals surface area contributed by atoms with Gasteiger partial charge in [0.25, 0.3) is 0 Å². The average molecular weight is 1070 g/mol. The Morgan fingerprint density at radius 3 is 0.818 bits per heavy atom. The first-order valence-electron chi connectivity index (χ1n) is 32.0. The molecule has 0 rings (SSSR count). The van der Waals surface area contributed by atoms with Crippen LogP contribution in [0, 0.1) is 0 Å². The number of allylic oxidation sites excluding steroid dienone is 20. The number of carbonyl (C=O) groups is 3. The van der Waals surface area contributed by atoms with Crippen LogP contribution >= 0.6 is 0 Å². The average Bonchev–Trinajstić information content (AvgIpc) is 3.43. The maximum absolute atomic E-state index is 12.9. The Bertz CT molecular complexity index is 1600. The molecule has 6 heteroatoms. The van der Waals surface area contributed by atoms with Crippen molar-refractivity contribution in [2.75, 3.05) is 13.2 Å². The third-order valence-electron chi connectivity index (χ3n) is 13.5. The van der Waals surface area contributed by atoms with Gasteiger partial charge in [-0.05, 0) is 109 Å². The molecule has 6 nitrogen and oxygen atoms in total. The molecular weight excluding hydrogens is 949 g/mol. The third-order valence-corrected chi connectivity index (χ3v) is 13.5. The molecule has 1 unspecified atom stereocenters. The van der Waals surface area contributed by atoms with Gasteiger partial charge in [0.1, 0.15) is 13.2 Å². The third kappa shape index (κ3) is 62.5. The van der Waals surface area contributed by atoms with Crippen molar-refractivity contribution in [1.82, 2.24) is 0 Å². The molecule has 0 aliphatic carbocycles. The van der Waals surface area contributed by atoms with Crippen LogP contribution in [0.4, 0.5) is 0 Å². The molecule has 0 saturated heterocycles. The van der Waals surface area contributed by atoms with Crippen LogP contribution in [0.15, 0.2) is 122 Å². The standard InChI is InChI=1S/C71H118O6/c1-4-7-10-13-16-19-22-25-28-30-31-32-33-34-35-36-37-38-39-41-43-46-49-52-55-58-61-64-70(73)76-67-68(66-75-69(72)63-60-57-54-51-48-45-42-27-24-21-18-15-12-9-6-3)77-71(74)65-62-59-56-53-50-47-44-40-29-26-23-20-17-14-11-8-5-2/h7,9-10,12,16,18-19,21,25,27-28,31-32,34-35,37-38,42,48,51,68H,4-6,8,11,13-15,17,20,22-24,26,29-30,33,36,39-41,43-47,49-50,52-67H2,1-3H3/b10-7-,12-9-,19-16-,21-18-,28-25-,32-31-,35-34-,38-37-,42-27-,51-48-. The second-order valence-electron chi connectivity index (χ2n) is 20.9. The van der Waals surface area contributed by atoms with Gasteiger partial charge in [-0.15, -0.1) is 0 Å². The van der Waals surface area contributed by atoms with Crippen molar-refractivity contribution >= 4 is 17.9 Å². The molecular formula is C71H118O6. The van der Waals surface area contributed by atoms with Crippen molar-refractivity contribution in [3.8, 4) is 0 Å². The van der Waals surface area contributed by atoms with Gasteiger partial charge >= 0.3 is 17.9 Å². The van der Waals surface area contributed by atoms with Gasteiger partial charge < -0.3 is 14.2 Å². The molecule has 0 spiro atoms. The molecule has 0 aromatic carbocycles. The molecule has 77 heavy (non-hydrogen) atoms. The van der Waals surface area contributed by atoms with Crippen molar-refractivity contribution in [1.29, 1.82) is 0 Å². The van der Waals surface area contributed by atoms with Crippen LogP contribution < -0.4 is 0 Å². The van der Waals surface area contributed by atoms with Crippen molar-refractivity contribution < 1.29 is 28.6 Å². The summed E-state index contributed by atoms with van der Waals surface area (Å²) in [5, 5.41) is 0. The van der Waals surface area contributed by atoms with E-state index in [1.165, 1.54) is 122 Å². The Hall–Kier alpha value is -4.19. The zero-order chi connectivity index (χ0) is 55.7. The van der Waals surface area contributed by atoms with Crippen molar-refractivity contribution in [2.24, 2.45) is 0 Å². The maximum Gasteiger partial charge on any atom is 0.306 e. The number of ether oxygens (including phenoxy) is 3. The van der Waals surface area contributed by atoms with Gasteiger partial charge in [-0.2, -0.15) is 0 Å². The monoisotopic (exact) mass is 1070 g/mol. The van der Waals surface area contributed by atoms with Gasteiger partial charge in [-0.1, -0.05) is 284 Å². The number of hydrogen-bond donors (Lipinski definition) is 0. The van der Waals surface area contributed by atoms with E-state index >= 15 is 0 Å². The number of carbonyl (C=O) groups excluding carboxylic acids is 3. The Balaban J connectivity index is 4.39. The van der Waals surface area contributed by atoms with Crippen LogP contribution in [0.5, 0.6) is 0 Å². The van der Waals surface area contributed by atoms with Crippen molar-refractivity contribution in [2.45, 2.75) is 297 Å². The van der Waals surface area contributed by atoms with E-state index in [0.717, 1.165) is 128 Å². The normalized spacial score (nSPS) is 12.9. The number of esters is 3. The van der Waals surface area contributed by atoms with E-state index in [1.807, 2.05) is 0 Å². The Morgan fingerprint density at radius 2 is 0.506 bits per heavy atom. The lowest BCUT2D eigenvalue weighted by molar-refractivity contribution is -0.167. The van der Waals surface area contributed by atoms with Gasteiger partial charge in [-0.3, -0.25) is 14.4 Å². The quantitative estimate of drug-likeness (QED) is 0.0261. The highest BCUT2D eigenvalue weighted by atomic mass is 16.6. The number of rotatable bonds is 57. The summed E-state index contributed by atoms with van der Waals surface area (Å²) in [6.45, 7) is 6.39. The van der Waals surface area contributed by atoms with Crippen LogP contribution in [0.25, 0.3) is 0 Å². The summed E-state index contributed by atoms with van der Waals surface area (Å²) in [5.41, 5.74) is 0. The molecule has 0 saturated carbocycles. The van der Waals surface area contributed by atoms with Gasteiger partial charge in [0.2, 0.25) is 0 Å². The summed E-state index contributed by atoms with van der Waals surface area (Å²) in [4.78, 5) is 38.3. The van der Waals surface area contributed by atoms with E-state index in [0.29, 0.717) is 19.3 Å². The largest absolute Gasteiger partial charge is 0.462 e. The minimum atomic E-state index is -0.801. The van der Waals surface area contributed by atoms with Crippen LogP contribution in [-0.4, -0.2) is 37.2 Å². The first-order valence-corrected chi connectivity index (χ1v) is 32.0. The first-order chi connectivity index (χ1) is 38.0. The lowest BCUT2D eigenvalue weighted by Crippen LogP contribution is -2.30. The number of unbranched alkanes of at least 4 members (excludes halogenated alkanes) is 26. The topological polar surface area (TPSA) is 78.9 Å². The summed E-state index contributed by atoms with van der Waals surface area (Å²) in [5.74, 6) is -0.939. The van der Waals surface area contributed by atoms with Crippen molar-refractivity contribution in [3.05, 3.63) is 122 Å². The van der Waals surface area contributed by atoms with E-state index in [9.17, 15) is 14.4 Å². The summed E-state index contributed by atoms with van der Waals surface area (Å²) >= 11 is 0. The molecule has 0 bridgehead atoms. The van der Waals surface area contributed by atoms with Gasteiger partial charge in [0.15, 0.2) is 6.10 Å². The summed E-state index contributed by atoms with van der Waals surface area (Å²) in [6.07, 6.45) is 89.2. The summed E-state index contributed by atoms with van der Waals surface area (Å²) < 4.78 is 16.9. The molecule has 0 aromatic heterocycles. The highest BCUT2D eigenvalue weighted by Gasteiger charge is 2.19. The second-order valence-corrected chi connectivity index (χ2v) is 20.9. The zero-order valence-corrected chi connectivity index (χ0v) is 50.2. The van der Waals surface area contributed by atoms with Crippen LogP contribution in [-0.2, 0) is 28.6 Å². The summed E-state index contributed by atoms with van der Waals surface area (Å²) in [6, 6.07) is 0. The van der Waals surface area contributed by atoms with E-state index in [1.54, 1.807) is 0 Å². The van der Waals surface area contributed by atoms with E-state index < -0.39 is 6.10 Å². The predicted octanol–water partition coefficient (Wildman–Crippen LogP) is 22.0. The molecule has 438 valence electrons. The maximum atomic E-state index is 12.9. The summed E-state index contributed by atoms with van der Waals surface area (Å²) in [7, 11) is 0. The molecule has 0 aliphatic rings. The van der Waals surface area contributed by atoms with Crippen LogP contribution in [0.2, 0.25) is 0 Å². The Kier molecular flexibility index (Phi) is 60.8. The van der Waals surface area contributed by atoms with E-state index in [4.69, 9.17) is 14.2 Å². The van der Waals surface area contributed by atoms with Crippen molar-refractivity contribution in [3.63, 3.8) is 0 Å². The highest BCUT2D eigenvalue weighted by Crippen LogP contribution is 2.16. The molecule has 0 radical (unpaired) electrons. The molecule has 0 N–H and O–H groups in total. The molecule has 0 fully saturated rings. The zero-order valence-electron chi connectivity index (χ0n) is 50.2. The molecule has 1 atom stereocenters. The Labute approximate surface area is 475 Å². The fourth-order valence-electron chi connectivity index (χ4n) is 8.73. The minimum Gasteiger partial charge on any atom is -0.462 e. The fourth-order valence-corrected chi connectivity index (χ4v) is 8.73. The first kappa shape index (κ1) is 72.8. The lowest BCUT2D eigenvalue weighted by Gasteiger charge is -2.18. The van der Waals surface area contributed by atoms with Crippen LogP contribution in [0.3, 0.4) is 0 Å². The van der Waals surface area contributed by atoms with Crippen LogP contribution in [0.1, 0.15) is 290 Å². The second kappa shape index (κ2) is 64.3. The van der Waals surface area contributed by atoms with Gasteiger partial charge in [-0.25, -0.2) is 0 Å². The van der Waals surface area contributed by atoms with Gasteiger partial charge in [0, 0.05) is 19.3 Å². The van der Waals surface area contributed by atoms with E-state index in [2.05, 4.69) is 142 Å². The van der Waals surface area contributed by atoms with E-state index in [-0.39, 0.29) is 31.1 Å². The fraction of sp³-hybridized carbons (Fsp3) is 0.676. The smallest absolute Gasteiger partial charge is 0.306 e. The SMILES string of the molecule is CC/C=C\C/C=C\C/C=C\C/C=C\C/C=C\C/C=C\CCCCCCCCCCC(=O)OCC(COC(=O)CCCC/C=C\C/C=C\C/C=C\C/C=C\CC)OC(=O)CCCCCCCCCCCCCCCCCCC. The van der Waals surface area contributed by atoms with Gasteiger partial charge in [0.05, 0.1) is 0 Å². The minimum absolute atomic E-state index is 0.0959. The Morgan fingerprint density at radius 1 is 0.273 bits per heavy atom.